The van der Waals surface area contributed by atoms with Crippen LogP contribution in [0.15, 0.2) is 77.7 Å². The number of hydrogen-bond donors (Lipinski definition) is 3. The van der Waals surface area contributed by atoms with Gasteiger partial charge in [-0.1, -0.05) is 18.2 Å². The zero-order valence-electron chi connectivity index (χ0n) is 20.5. The summed E-state index contributed by atoms with van der Waals surface area (Å²) < 4.78 is 39.1. The minimum Gasteiger partial charge on any atom is -0.497 e. The van der Waals surface area contributed by atoms with Gasteiger partial charge in [0.2, 0.25) is 0 Å². The van der Waals surface area contributed by atoms with Gasteiger partial charge in [0, 0.05) is 24.1 Å². The topological polar surface area (TPSA) is 98.2 Å². The van der Waals surface area contributed by atoms with E-state index in [-0.39, 0.29) is 22.4 Å². The fourth-order valence-electron chi connectivity index (χ4n) is 4.58. The maximum atomic E-state index is 13.1. The summed E-state index contributed by atoms with van der Waals surface area (Å²) in [5.74, 6) is 1.10. The second-order valence-corrected chi connectivity index (χ2v) is 10.4. The van der Waals surface area contributed by atoms with Crippen LogP contribution >= 0.6 is 0 Å². The van der Waals surface area contributed by atoms with Crippen LogP contribution in [0, 0.1) is 0 Å². The third kappa shape index (κ3) is 5.98. The molecule has 1 heterocycles. The number of quaternary nitrogens is 1. The average Bonchev–Trinajstić information content (AvgIpc) is 3.44. The summed E-state index contributed by atoms with van der Waals surface area (Å²) in [5.41, 5.74) is 1.74. The Morgan fingerprint density at radius 1 is 0.944 bits per heavy atom. The minimum atomic E-state index is -3.88. The zero-order valence-corrected chi connectivity index (χ0v) is 21.3. The van der Waals surface area contributed by atoms with Crippen LogP contribution in [0.2, 0.25) is 0 Å². The zero-order chi connectivity index (χ0) is 25.5. The second-order valence-electron chi connectivity index (χ2n) is 8.73. The van der Waals surface area contributed by atoms with Crippen LogP contribution in [0.25, 0.3) is 0 Å². The predicted octanol–water partition coefficient (Wildman–Crippen LogP) is 2.65. The molecule has 1 unspecified atom stereocenters. The number of sulfonamides is 1. The number of para-hydroxylation sites is 1. The van der Waals surface area contributed by atoms with Crippen molar-refractivity contribution in [2.45, 2.75) is 23.8 Å². The molecule has 8 nitrogen and oxygen atoms in total. The molecule has 0 aromatic heterocycles. The van der Waals surface area contributed by atoms with Gasteiger partial charge in [-0.15, -0.1) is 0 Å². The Morgan fingerprint density at radius 2 is 1.67 bits per heavy atom. The summed E-state index contributed by atoms with van der Waals surface area (Å²) in [4.78, 5) is 14.5. The normalized spacial score (nSPS) is 14.7. The molecular weight excluding hydrogens is 478 g/mol. The number of nitrogens with one attached hydrogen (secondary N) is 3. The molecule has 0 radical (unpaired) electrons. The summed E-state index contributed by atoms with van der Waals surface area (Å²) in [6.45, 7) is 2.47. The first-order chi connectivity index (χ1) is 17.4. The first-order valence-corrected chi connectivity index (χ1v) is 13.4. The van der Waals surface area contributed by atoms with E-state index in [2.05, 4.69) is 10.0 Å². The van der Waals surface area contributed by atoms with Crippen molar-refractivity contribution in [1.82, 2.24) is 5.32 Å². The number of ether oxygens (including phenoxy) is 2. The number of benzene rings is 3. The molecule has 1 amide bonds. The van der Waals surface area contributed by atoms with E-state index in [0.29, 0.717) is 18.0 Å². The number of amides is 1. The van der Waals surface area contributed by atoms with Crippen molar-refractivity contribution in [1.29, 1.82) is 0 Å². The predicted molar refractivity (Wildman–Crippen MR) is 138 cm³/mol. The number of carbonyl (C=O) groups is 1. The van der Waals surface area contributed by atoms with Crippen LogP contribution in [0.5, 0.6) is 11.5 Å². The van der Waals surface area contributed by atoms with Gasteiger partial charge in [-0.3, -0.25) is 9.52 Å². The van der Waals surface area contributed by atoms with Gasteiger partial charge < -0.3 is 19.7 Å². The molecule has 1 atom stereocenters. The van der Waals surface area contributed by atoms with Crippen LogP contribution in [-0.4, -0.2) is 48.2 Å². The van der Waals surface area contributed by atoms with Crippen molar-refractivity contribution in [3.63, 3.8) is 0 Å². The van der Waals surface area contributed by atoms with Gasteiger partial charge in [0.25, 0.3) is 15.9 Å². The third-order valence-corrected chi connectivity index (χ3v) is 7.85. The van der Waals surface area contributed by atoms with Crippen LogP contribution in [0.1, 0.15) is 34.8 Å². The van der Waals surface area contributed by atoms with E-state index in [1.165, 1.54) is 17.0 Å². The van der Waals surface area contributed by atoms with Crippen LogP contribution < -0.4 is 24.4 Å². The highest BCUT2D eigenvalue weighted by atomic mass is 32.2. The molecule has 36 heavy (non-hydrogen) atoms. The van der Waals surface area contributed by atoms with Crippen LogP contribution in [-0.2, 0) is 10.0 Å². The molecule has 9 heteroatoms. The highest BCUT2D eigenvalue weighted by Crippen LogP contribution is 2.24. The van der Waals surface area contributed by atoms with E-state index < -0.39 is 10.0 Å². The Kier molecular flexibility index (Phi) is 8.12. The van der Waals surface area contributed by atoms with Crippen LogP contribution in [0.4, 0.5) is 5.69 Å². The molecule has 4 rings (SSSR count). The van der Waals surface area contributed by atoms with E-state index in [1.807, 2.05) is 24.3 Å². The Hall–Kier alpha value is -3.56. The molecule has 0 bridgehead atoms. The molecule has 1 fully saturated rings. The van der Waals surface area contributed by atoms with Crippen molar-refractivity contribution in [2.24, 2.45) is 0 Å². The summed E-state index contributed by atoms with van der Waals surface area (Å²) >= 11 is 0. The number of likely N-dealkylation sites (tertiary alicyclic amines) is 1. The third-order valence-electron chi connectivity index (χ3n) is 6.47. The summed E-state index contributed by atoms with van der Waals surface area (Å²) in [6, 6.07) is 20.5. The van der Waals surface area contributed by atoms with Crippen molar-refractivity contribution in [3.8, 4) is 11.5 Å². The Balaban J connectivity index is 1.49. The molecule has 3 N–H and O–H groups in total. The lowest BCUT2D eigenvalue weighted by Crippen LogP contribution is -3.11. The van der Waals surface area contributed by atoms with Gasteiger partial charge in [0.15, 0.2) is 0 Å². The Bertz CT molecular complexity index is 1290. The van der Waals surface area contributed by atoms with Crippen molar-refractivity contribution in [2.75, 3.05) is 38.6 Å². The number of anilines is 1. The SMILES string of the molecule is COc1ccc(NS(=O)(=O)c2cccc(C(=O)NCC(c3ccccc3OC)[NH+]3CCCC3)c2)cc1. The molecule has 0 spiro atoms. The van der Waals surface area contributed by atoms with Crippen molar-refractivity contribution in [3.05, 3.63) is 83.9 Å². The minimum absolute atomic E-state index is 0.0115. The average molecular weight is 511 g/mol. The number of hydrogen-bond acceptors (Lipinski definition) is 5. The lowest BCUT2D eigenvalue weighted by atomic mass is 10.0. The van der Waals surface area contributed by atoms with E-state index in [4.69, 9.17) is 9.47 Å². The number of rotatable bonds is 10. The lowest BCUT2D eigenvalue weighted by molar-refractivity contribution is -0.918. The number of carbonyl (C=O) groups excluding carboxylic acids is 1. The molecular formula is C27H32N3O5S+. The lowest BCUT2D eigenvalue weighted by Gasteiger charge is -2.26. The highest BCUT2D eigenvalue weighted by Gasteiger charge is 2.30. The second kappa shape index (κ2) is 11.5. The summed E-state index contributed by atoms with van der Waals surface area (Å²) in [6.07, 6.45) is 2.30. The van der Waals surface area contributed by atoms with Gasteiger partial charge in [0.1, 0.15) is 17.5 Å². The first-order valence-electron chi connectivity index (χ1n) is 11.9. The summed E-state index contributed by atoms with van der Waals surface area (Å²) in [5, 5.41) is 3.02. The molecule has 0 aliphatic carbocycles. The van der Waals surface area contributed by atoms with Gasteiger partial charge in [-0.25, -0.2) is 8.42 Å². The van der Waals surface area contributed by atoms with Gasteiger partial charge in [-0.2, -0.15) is 0 Å². The van der Waals surface area contributed by atoms with E-state index in [0.717, 1.165) is 37.2 Å². The van der Waals surface area contributed by atoms with E-state index in [9.17, 15) is 13.2 Å². The van der Waals surface area contributed by atoms with Gasteiger partial charge >= 0.3 is 0 Å². The largest absolute Gasteiger partial charge is 0.497 e. The Morgan fingerprint density at radius 3 is 2.36 bits per heavy atom. The van der Waals surface area contributed by atoms with Crippen molar-refractivity contribution < 1.29 is 27.6 Å². The molecule has 190 valence electrons. The molecule has 3 aromatic carbocycles. The molecule has 3 aromatic rings. The van der Waals surface area contributed by atoms with E-state index in [1.54, 1.807) is 50.6 Å². The van der Waals surface area contributed by atoms with Gasteiger partial charge in [0.05, 0.1) is 44.3 Å². The quantitative estimate of drug-likeness (QED) is 0.390. The fourth-order valence-corrected chi connectivity index (χ4v) is 5.68. The van der Waals surface area contributed by atoms with Crippen molar-refractivity contribution >= 4 is 21.6 Å². The molecule has 1 aliphatic rings. The summed E-state index contributed by atoms with van der Waals surface area (Å²) in [7, 11) is -0.682. The monoisotopic (exact) mass is 510 g/mol. The van der Waals surface area contributed by atoms with E-state index >= 15 is 0 Å². The van der Waals surface area contributed by atoms with Gasteiger partial charge in [-0.05, 0) is 54.6 Å². The fraction of sp³-hybridized carbons (Fsp3) is 0.296. The molecule has 1 aliphatic heterocycles. The highest BCUT2D eigenvalue weighted by molar-refractivity contribution is 7.92. The smallest absolute Gasteiger partial charge is 0.261 e. The molecule has 0 saturated carbocycles. The maximum Gasteiger partial charge on any atom is 0.261 e. The Labute approximate surface area is 212 Å². The number of methoxy groups -OCH3 is 2. The standard InChI is InChI=1S/C27H31N3O5S/c1-34-22-14-12-21(13-15-22)29-36(32,33)23-9-7-8-20(18-23)27(31)28-19-25(30-16-5-6-17-30)24-10-3-4-11-26(24)35-2/h3-4,7-15,18,25,29H,5-6,16-17,19H2,1-2H3,(H,28,31)/p+1. The first kappa shape index (κ1) is 25.5. The van der Waals surface area contributed by atoms with Crippen LogP contribution in [0.3, 0.4) is 0 Å². The molecule has 1 saturated heterocycles. The maximum absolute atomic E-state index is 13.1.